The van der Waals surface area contributed by atoms with Crippen LogP contribution in [0.3, 0.4) is 0 Å². The van der Waals surface area contributed by atoms with Gasteiger partial charge < -0.3 is 4.98 Å². The molecule has 0 aliphatic rings. The maximum Gasteiger partial charge on any atom is 0.304 e. The largest absolute Gasteiger partial charge is 0.315 e. The van der Waals surface area contributed by atoms with Gasteiger partial charge in [0.2, 0.25) is 10.0 Å². The van der Waals surface area contributed by atoms with Crippen LogP contribution in [0, 0.1) is 0 Å². The van der Waals surface area contributed by atoms with Crippen LogP contribution in [0.25, 0.3) is 0 Å². The van der Waals surface area contributed by atoms with Crippen molar-refractivity contribution in [1.29, 1.82) is 0 Å². The van der Waals surface area contributed by atoms with Crippen LogP contribution in [0.1, 0.15) is 11.3 Å². The number of thiazole rings is 1. The molecule has 1 heterocycles. The fourth-order valence-corrected chi connectivity index (χ4v) is 3.41. The van der Waals surface area contributed by atoms with Crippen molar-refractivity contribution >= 4 is 33.0 Å². The minimum Gasteiger partial charge on any atom is -0.315 e. The van der Waals surface area contributed by atoms with Gasteiger partial charge in [0.15, 0.2) is 0 Å². The number of rotatable bonds is 6. The van der Waals surface area contributed by atoms with Crippen LogP contribution in [0.2, 0.25) is 0 Å². The van der Waals surface area contributed by atoms with Crippen LogP contribution >= 0.6 is 22.9 Å². The van der Waals surface area contributed by atoms with Gasteiger partial charge in [0, 0.05) is 17.0 Å². The van der Waals surface area contributed by atoms with Crippen LogP contribution in [0.15, 0.2) is 39.3 Å². The minimum absolute atomic E-state index is 0.0600. The third-order valence-corrected chi connectivity index (χ3v) is 4.96. The molecule has 2 aromatic rings. The molecule has 0 aliphatic heterocycles. The summed E-state index contributed by atoms with van der Waals surface area (Å²) in [7, 11) is -3.58. The van der Waals surface area contributed by atoms with Crippen LogP contribution < -0.4 is 9.60 Å². The van der Waals surface area contributed by atoms with Crippen LogP contribution in [0.4, 0.5) is 0 Å². The summed E-state index contributed by atoms with van der Waals surface area (Å²) < 4.78 is 26.6. The zero-order valence-corrected chi connectivity index (χ0v) is 12.8. The standard InChI is InChI=1S/C12H13ClN2O3S2/c13-6-5-9-1-3-11(4-2-9)20(17,18)14-7-10-8-19-12(16)15-10/h1-4,8,14H,5-7H2,(H,15,16). The Morgan fingerprint density at radius 2 is 1.95 bits per heavy atom. The Kier molecular flexibility index (Phi) is 4.98. The maximum atomic E-state index is 12.1. The predicted octanol–water partition coefficient (Wildman–Crippen LogP) is 1.70. The third-order valence-electron chi connectivity index (χ3n) is 2.64. The molecule has 0 saturated heterocycles. The van der Waals surface area contributed by atoms with E-state index in [9.17, 15) is 13.2 Å². The SMILES string of the molecule is O=c1[nH]c(CNS(=O)(=O)c2ccc(CCCl)cc2)cs1. The summed E-state index contributed by atoms with van der Waals surface area (Å²) in [5.74, 6) is 0.496. The number of halogens is 1. The molecule has 0 aliphatic carbocycles. The topological polar surface area (TPSA) is 79.0 Å². The van der Waals surface area contributed by atoms with Gasteiger partial charge in [0.05, 0.1) is 11.4 Å². The van der Waals surface area contributed by atoms with Gasteiger partial charge in [-0.15, -0.1) is 11.6 Å². The van der Waals surface area contributed by atoms with Gasteiger partial charge in [-0.25, -0.2) is 13.1 Å². The molecule has 1 aromatic heterocycles. The highest BCUT2D eigenvalue weighted by atomic mass is 35.5. The molecular formula is C12H13ClN2O3S2. The van der Waals surface area contributed by atoms with Gasteiger partial charge in [-0.2, -0.15) is 0 Å². The van der Waals surface area contributed by atoms with Gasteiger partial charge in [0.25, 0.3) is 0 Å². The number of alkyl halides is 1. The van der Waals surface area contributed by atoms with E-state index in [1.807, 2.05) is 0 Å². The van der Waals surface area contributed by atoms with Gasteiger partial charge in [-0.3, -0.25) is 4.79 Å². The van der Waals surface area contributed by atoms with Gasteiger partial charge in [-0.05, 0) is 24.1 Å². The molecule has 20 heavy (non-hydrogen) atoms. The molecule has 108 valence electrons. The number of hydrogen-bond donors (Lipinski definition) is 2. The summed E-state index contributed by atoms with van der Waals surface area (Å²) in [6.07, 6.45) is 0.700. The van der Waals surface area contributed by atoms with Crippen LogP contribution in [-0.4, -0.2) is 19.3 Å². The van der Waals surface area contributed by atoms with E-state index >= 15 is 0 Å². The average Bonchev–Trinajstić information content (AvgIpc) is 2.84. The van der Waals surface area contributed by atoms with E-state index in [1.54, 1.807) is 29.6 Å². The minimum atomic E-state index is -3.58. The number of sulfonamides is 1. The Labute approximate surface area is 125 Å². The molecule has 8 heteroatoms. The molecule has 0 atom stereocenters. The predicted molar refractivity (Wildman–Crippen MR) is 79.8 cm³/mol. The summed E-state index contributed by atoms with van der Waals surface area (Å²) >= 11 is 6.63. The molecule has 1 aromatic carbocycles. The second kappa shape index (κ2) is 6.53. The van der Waals surface area contributed by atoms with Gasteiger partial charge in [0.1, 0.15) is 0 Å². The highest BCUT2D eigenvalue weighted by Gasteiger charge is 2.13. The molecule has 0 amide bonds. The number of aromatic nitrogens is 1. The molecule has 0 unspecified atom stereocenters. The lowest BCUT2D eigenvalue weighted by Gasteiger charge is -2.06. The van der Waals surface area contributed by atoms with Gasteiger partial charge in [-0.1, -0.05) is 23.5 Å². The fourth-order valence-electron chi connectivity index (χ4n) is 1.60. The zero-order valence-electron chi connectivity index (χ0n) is 10.4. The second-order valence-corrected chi connectivity index (χ2v) is 7.07. The van der Waals surface area contributed by atoms with Crippen molar-refractivity contribution in [2.24, 2.45) is 0 Å². The first-order valence-electron chi connectivity index (χ1n) is 5.82. The second-order valence-electron chi connectivity index (χ2n) is 4.08. The Bertz CT molecular complexity index is 720. The van der Waals surface area contributed by atoms with E-state index < -0.39 is 10.0 Å². The van der Waals surface area contributed by atoms with Crippen molar-refractivity contribution < 1.29 is 8.42 Å². The summed E-state index contributed by atoms with van der Waals surface area (Å²) in [5.41, 5.74) is 1.53. The Balaban J connectivity index is 2.07. The van der Waals surface area contributed by atoms with E-state index in [-0.39, 0.29) is 16.3 Å². The zero-order chi connectivity index (χ0) is 14.6. The molecule has 2 N–H and O–H groups in total. The first-order chi connectivity index (χ1) is 9.51. The quantitative estimate of drug-likeness (QED) is 0.790. The van der Waals surface area contributed by atoms with Crippen LogP contribution in [-0.2, 0) is 23.0 Å². The van der Waals surface area contributed by atoms with Crippen molar-refractivity contribution in [2.75, 3.05) is 5.88 Å². The summed E-state index contributed by atoms with van der Waals surface area (Å²) in [4.78, 5) is 13.5. The first kappa shape index (κ1) is 15.2. The van der Waals surface area contributed by atoms with Crippen LogP contribution in [0.5, 0.6) is 0 Å². The third kappa shape index (κ3) is 3.92. The van der Waals surface area contributed by atoms with Crippen molar-refractivity contribution in [1.82, 2.24) is 9.71 Å². The van der Waals surface area contributed by atoms with Gasteiger partial charge >= 0.3 is 4.87 Å². The summed E-state index contributed by atoms with van der Waals surface area (Å²) in [5, 5.41) is 1.59. The number of aryl methyl sites for hydroxylation is 1. The van der Waals surface area contributed by atoms with E-state index in [1.165, 1.54) is 0 Å². The molecular weight excluding hydrogens is 320 g/mol. The van der Waals surface area contributed by atoms with Crippen molar-refractivity contribution in [3.05, 3.63) is 50.6 Å². The van der Waals surface area contributed by atoms with E-state index in [0.717, 1.165) is 16.9 Å². The maximum absolute atomic E-state index is 12.1. The smallest absolute Gasteiger partial charge is 0.304 e. The van der Waals surface area contributed by atoms with E-state index in [0.29, 0.717) is 18.0 Å². The molecule has 0 fully saturated rings. The van der Waals surface area contributed by atoms with Crippen molar-refractivity contribution in [3.8, 4) is 0 Å². The molecule has 0 radical (unpaired) electrons. The van der Waals surface area contributed by atoms with Crippen molar-refractivity contribution in [2.45, 2.75) is 17.9 Å². The summed E-state index contributed by atoms with van der Waals surface area (Å²) in [6, 6.07) is 6.56. The summed E-state index contributed by atoms with van der Waals surface area (Å²) in [6.45, 7) is 0.0600. The molecule has 5 nitrogen and oxygen atoms in total. The van der Waals surface area contributed by atoms with E-state index in [4.69, 9.17) is 11.6 Å². The number of aromatic amines is 1. The Morgan fingerprint density at radius 3 is 2.50 bits per heavy atom. The Hall–Kier alpha value is -1.15. The monoisotopic (exact) mass is 332 g/mol. The normalized spacial score (nSPS) is 11.7. The number of hydrogen-bond acceptors (Lipinski definition) is 4. The lowest BCUT2D eigenvalue weighted by Crippen LogP contribution is -2.23. The lowest BCUT2D eigenvalue weighted by atomic mass is 10.2. The average molecular weight is 333 g/mol. The Morgan fingerprint density at radius 1 is 1.25 bits per heavy atom. The fraction of sp³-hybridized carbons (Fsp3) is 0.250. The molecule has 0 saturated carbocycles. The number of benzene rings is 1. The highest BCUT2D eigenvalue weighted by Crippen LogP contribution is 2.12. The number of H-pyrrole nitrogens is 1. The van der Waals surface area contributed by atoms with E-state index in [2.05, 4.69) is 9.71 Å². The molecule has 2 rings (SSSR count). The molecule has 0 bridgehead atoms. The first-order valence-corrected chi connectivity index (χ1v) is 8.72. The lowest BCUT2D eigenvalue weighted by molar-refractivity contribution is 0.580. The molecule has 0 spiro atoms. The highest BCUT2D eigenvalue weighted by molar-refractivity contribution is 7.89. The van der Waals surface area contributed by atoms with Crippen molar-refractivity contribution in [3.63, 3.8) is 0 Å². The number of nitrogens with one attached hydrogen (secondary N) is 2.